The molecule has 1 fully saturated rings. The lowest BCUT2D eigenvalue weighted by molar-refractivity contribution is 0.343. The zero-order chi connectivity index (χ0) is 24.4. The van der Waals surface area contributed by atoms with Gasteiger partial charge in [-0.1, -0.05) is 69.4 Å². The molecule has 0 bridgehead atoms. The number of hydrogen-bond donors (Lipinski definition) is 1. The minimum absolute atomic E-state index is 0.604. The van der Waals surface area contributed by atoms with Crippen molar-refractivity contribution in [1.29, 1.82) is 0 Å². The Bertz CT molecular complexity index is 1230. The number of hydrogen-bond acceptors (Lipinski definition) is 2. The number of hydrazine groups is 1. The Morgan fingerprint density at radius 1 is 1.12 bits per heavy atom. The molecule has 4 rings (SSSR count). The molecule has 3 heteroatoms. The van der Waals surface area contributed by atoms with E-state index in [1.54, 1.807) is 0 Å². The van der Waals surface area contributed by atoms with Crippen LogP contribution in [0, 0.1) is 0 Å². The van der Waals surface area contributed by atoms with Crippen molar-refractivity contribution in [3.05, 3.63) is 95.5 Å². The van der Waals surface area contributed by atoms with Gasteiger partial charge >= 0.3 is 0 Å². The van der Waals surface area contributed by atoms with E-state index in [1.165, 1.54) is 71.0 Å². The van der Waals surface area contributed by atoms with E-state index in [9.17, 15) is 0 Å². The molecule has 0 spiro atoms. The largest absolute Gasteiger partial charge is 0.336 e. The Morgan fingerprint density at radius 3 is 2.47 bits per heavy atom. The van der Waals surface area contributed by atoms with E-state index in [4.69, 9.17) is 0 Å². The monoisotopic (exact) mass is 453 g/mol. The molecule has 1 aliphatic carbocycles. The molecule has 0 unspecified atom stereocenters. The van der Waals surface area contributed by atoms with E-state index in [1.807, 2.05) is 25.1 Å². The third-order valence-corrected chi connectivity index (χ3v) is 7.34. The van der Waals surface area contributed by atoms with Crippen molar-refractivity contribution < 1.29 is 0 Å². The first-order valence-electron chi connectivity index (χ1n) is 12.6. The maximum atomic E-state index is 4.45. The molecule has 2 aromatic rings. The van der Waals surface area contributed by atoms with Crippen molar-refractivity contribution >= 4 is 22.6 Å². The van der Waals surface area contributed by atoms with Gasteiger partial charge in [0, 0.05) is 29.2 Å². The van der Waals surface area contributed by atoms with Crippen LogP contribution < -0.4 is 5.43 Å². The average molecular weight is 454 g/mol. The summed E-state index contributed by atoms with van der Waals surface area (Å²) in [5.41, 5.74) is 14.3. The Kier molecular flexibility index (Phi) is 7.02. The second-order valence-corrected chi connectivity index (χ2v) is 9.68. The minimum Gasteiger partial charge on any atom is -0.336 e. The van der Waals surface area contributed by atoms with Crippen LogP contribution in [0.25, 0.3) is 22.6 Å². The van der Waals surface area contributed by atoms with Crippen LogP contribution in [-0.4, -0.2) is 16.6 Å². The van der Waals surface area contributed by atoms with Crippen molar-refractivity contribution in [2.75, 3.05) is 7.05 Å². The normalized spacial score (nSPS) is 19.0. The predicted molar refractivity (Wildman–Crippen MR) is 148 cm³/mol. The van der Waals surface area contributed by atoms with Crippen LogP contribution in [0.4, 0.5) is 0 Å². The number of likely N-dealkylation sites (N-methyl/N-ethyl adjacent to an activating group) is 1. The van der Waals surface area contributed by atoms with Crippen molar-refractivity contribution in [2.45, 2.75) is 65.3 Å². The van der Waals surface area contributed by atoms with Gasteiger partial charge in [0.05, 0.1) is 17.9 Å². The first kappa shape index (κ1) is 23.9. The highest BCUT2D eigenvalue weighted by molar-refractivity contribution is 5.96. The summed E-state index contributed by atoms with van der Waals surface area (Å²) in [6.45, 7) is 19.5. The van der Waals surface area contributed by atoms with Gasteiger partial charge in [-0.15, -0.1) is 0 Å². The lowest BCUT2D eigenvalue weighted by atomic mass is 9.81. The summed E-state index contributed by atoms with van der Waals surface area (Å²) in [5, 5.41) is 3.37. The lowest BCUT2D eigenvalue weighted by Crippen LogP contribution is -2.32. The summed E-state index contributed by atoms with van der Waals surface area (Å²) in [6.07, 6.45) is 15.3. The Balaban J connectivity index is 1.98. The highest BCUT2D eigenvalue weighted by Crippen LogP contribution is 2.46. The summed E-state index contributed by atoms with van der Waals surface area (Å²) in [4.78, 5) is 0. The summed E-state index contributed by atoms with van der Waals surface area (Å²) < 4.78 is 2.53. The van der Waals surface area contributed by atoms with Crippen LogP contribution in [-0.2, 0) is 6.54 Å². The molecule has 0 amide bonds. The molecule has 2 heterocycles. The molecular weight excluding hydrogens is 414 g/mol. The van der Waals surface area contributed by atoms with Crippen molar-refractivity contribution in [2.24, 2.45) is 0 Å². The fourth-order valence-electron chi connectivity index (χ4n) is 5.68. The zero-order valence-electron chi connectivity index (χ0n) is 21.4. The fraction of sp³-hybridized carbons (Fsp3) is 0.355. The molecule has 178 valence electrons. The van der Waals surface area contributed by atoms with Gasteiger partial charge in [0.1, 0.15) is 0 Å². The van der Waals surface area contributed by atoms with E-state index in [2.05, 4.69) is 80.0 Å². The zero-order valence-corrected chi connectivity index (χ0v) is 21.4. The number of fused-ring (bicyclic) bond motifs is 3. The quantitative estimate of drug-likeness (QED) is 0.446. The van der Waals surface area contributed by atoms with Gasteiger partial charge in [-0.05, 0) is 73.9 Å². The molecule has 34 heavy (non-hydrogen) atoms. The molecule has 0 atom stereocenters. The van der Waals surface area contributed by atoms with Crippen LogP contribution >= 0.6 is 0 Å². The lowest BCUT2D eigenvalue weighted by Gasteiger charge is -2.26. The number of nitrogens with zero attached hydrogens (tertiary/aromatic N) is 2. The number of benzene rings is 1. The first-order chi connectivity index (χ1) is 16.4. The van der Waals surface area contributed by atoms with E-state index in [-0.39, 0.29) is 0 Å². The highest BCUT2D eigenvalue weighted by atomic mass is 15.5. The Labute approximate surface area is 205 Å². The summed E-state index contributed by atoms with van der Waals surface area (Å²) in [6, 6.07) is 6.85. The average Bonchev–Trinajstić information content (AvgIpc) is 3.05. The third kappa shape index (κ3) is 4.32. The van der Waals surface area contributed by atoms with Crippen LogP contribution in [0.15, 0.2) is 78.7 Å². The SMILES string of the molecule is C=Cc1ccc2c(C3CCCCC3)c3n(c2c1)CC(C(=C)N(C)NC(=C)C)=CC(=C/C)/C3=C\C. The Morgan fingerprint density at radius 2 is 1.85 bits per heavy atom. The van der Waals surface area contributed by atoms with Gasteiger partial charge < -0.3 is 9.99 Å². The molecule has 1 aromatic heterocycles. The van der Waals surface area contributed by atoms with Crippen LogP contribution in [0.5, 0.6) is 0 Å². The smallest absolute Gasteiger partial charge is 0.0547 e. The first-order valence-corrected chi connectivity index (χ1v) is 12.6. The van der Waals surface area contributed by atoms with Crippen molar-refractivity contribution in [3.63, 3.8) is 0 Å². The van der Waals surface area contributed by atoms with Crippen LogP contribution in [0.3, 0.4) is 0 Å². The maximum Gasteiger partial charge on any atom is 0.0547 e. The highest BCUT2D eigenvalue weighted by Gasteiger charge is 2.30. The van der Waals surface area contributed by atoms with Crippen LogP contribution in [0.2, 0.25) is 0 Å². The van der Waals surface area contributed by atoms with Gasteiger partial charge in [0.25, 0.3) is 0 Å². The number of nitrogens with one attached hydrogen (secondary N) is 1. The molecule has 3 nitrogen and oxygen atoms in total. The molecule has 1 saturated carbocycles. The van der Waals surface area contributed by atoms with Gasteiger partial charge in [0.2, 0.25) is 0 Å². The Hall–Kier alpha value is -3.20. The van der Waals surface area contributed by atoms with Gasteiger partial charge in [-0.25, -0.2) is 0 Å². The second kappa shape index (κ2) is 9.97. The summed E-state index contributed by atoms with van der Waals surface area (Å²) in [7, 11) is 2.01. The van der Waals surface area contributed by atoms with Crippen molar-refractivity contribution in [1.82, 2.24) is 15.0 Å². The number of rotatable bonds is 6. The van der Waals surface area contributed by atoms with Gasteiger partial charge in [-0.3, -0.25) is 5.01 Å². The number of allylic oxidation sites excluding steroid dienone is 7. The maximum absolute atomic E-state index is 4.45. The van der Waals surface area contributed by atoms with Gasteiger partial charge in [0.15, 0.2) is 0 Å². The minimum atomic E-state index is 0.604. The molecule has 0 radical (unpaired) electrons. The van der Waals surface area contributed by atoms with Crippen LogP contribution in [0.1, 0.15) is 75.6 Å². The topological polar surface area (TPSA) is 20.2 Å². The predicted octanol–water partition coefficient (Wildman–Crippen LogP) is 8.11. The third-order valence-electron chi connectivity index (χ3n) is 7.34. The standard InChI is InChI=1S/C31H39N3/c1-8-23-16-17-28-29(18-23)34-20-26(22(6)33(7)32-21(4)5)19-24(9-2)27(10-3)31(34)30(28)25-14-12-11-13-15-25/h8-10,16-19,25,32H,1,4,6,11-15,20H2,2-3,5,7H3/b24-9-,27-10+. The van der Waals surface area contributed by atoms with E-state index >= 15 is 0 Å². The van der Waals surface area contributed by atoms with E-state index in [0.717, 1.165) is 23.5 Å². The summed E-state index contributed by atoms with van der Waals surface area (Å²) >= 11 is 0. The van der Waals surface area contributed by atoms with E-state index < -0.39 is 0 Å². The molecule has 1 N–H and O–H groups in total. The molecule has 1 aromatic carbocycles. The number of aromatic nitrogens is 1. The summed E-state index contributed by atoms with van der Waals surface area (Å²) in [5.74, 6) is 0.604. The molecular formula is C31H39N3. The van der Waals surface area contributed by atoms with Gasteiger partial charge in [-0.2, -0.15) is 0 Å². The molecule has 0 saturated heterocycles. The van der Waals surface area contributed by atoms with Crippen molar-refractivity contribution in [3.8, 4) is 0 Å². The fourth-order valence-corrected chi connectivity index (χ4v) is 5.68. The molecule has 1 aliphatic heterocycles. The molecule has 2 aliphatic rings. The van der Waals surface area contributed by atoms with E-state index in [0.29, 0.717) is 5.92 Å². The second-order valence-electron chi connectivity index (χ2n) is 9.68.